The summed E-state index contributed by atoms with van der Waals surface area (Å²) in [6, 6.07) is 1.97. The maximum atomic E-state index is 11.8. The molecule has 0 aliphatic carbocycles. The number of amides is 2. The highest BCUT2D eigenvalue weighted by molar-refractivity contribution is 5.99. The third kappa shape index (κ3) is 2.13. The highest BCUT2D eigenvalue weighted by Gasteiger charge is 2.35. The van der Waals surface area contributed by atoms with Gasteiger partial charge < -0.3 is 5.73 Å². The summed E-state index contributed by atoms with van der Waals surface area (Å²) < 4.78 is 0. The lowest BCUT2D eigenvalue weighted by Crippen LogP contribution is -2.29. The Balaban J connectivity index is 2.29. The van der Waals surface area contributed by atoms with Gasteiger partial charge in [0.25, 0.3) is 0 Å². The quantitative estimate of drug-likeness (QED) is 0.809. The van der Waals surface area contributed by atoms with Crippen LogP contribution in [0.25, 0.3) is 0 Å². The van der Waals surface area contributed by atoms with Gasteiger partial charge in [0.15, 0.2) is 0 Å². The van der Waals surface area contributed by atoms with Gasteiger partial charge in [0, 0.05) is 19.2 Å². The van der Waals surface area contributed by atoms with Crippen LogP contribution in [-0.2, 0) is 9.59 Å². The molecule has 5 nitrogen and oxygen atoms in total. The molecule has 1 unspecified atom stereocenters. The average Bonchev–Trinajstić information content (AvgIpc) is 2.61. The molecule has 0 bridgehead atoms. The van der Waals surface area contributed by atoms with E-state index in [0.29, 0.717) is 12.4 Å². The number of nitrogens with two attached hydrogens (primary N) is 1. The minimum Gasteiger partial charge on any atom is -0.369 e. The molecule has 1 aromatic heterocycles. The molecule has 1 aliphatic heterocycles. The van der Waals surface area contributed by atoms with Crippen molar-refractivity contribution >= 4 is 17.6 Å². The first-order chi connectivity index (χ1) is 7.99. The Morgan fingerprint density at radius 2 is 2.24 bits per heavy atom. The number of carbonyl (C=O) groups is 2. The normalized spacial score (nSPS) is 19.8. The second-order valence-electron chi connectivity index (χ2n) is 4.46. The monoisotopic (exact) mass is 233 g/mol. The van der Waals surface area contributed by atoms with Crippen molar-refractivity contribution in [1.29, 1.82) is 0 Å². The van der Waals surface area contributed by atoms with Crippen LogP contribution in [0, 0.1) is 19.8 Å². The predicted molar refractivity (Wildman–Crippen MR) is 63.4 cm³/mol. The van der Waals surface area contributed by atoms with Gasteiger partial charge >= 0.3 is 0 Å². The van der Waals surface area contributed by atoms with Crippen LogP contribution in [0.3, 0.4) is 0 Å². The van der Waals surface area contributed by atoms with Crippen LogP contribution in [0.4, 0.5) is 5.82 Å². The SMILES string of the molecule is Cc1cnc(N2CC(C(N)=O)CC2=O)c(C)c1. The van der Waals surface area contributed by atoms with Crippen LogP contribution in [0.1, 0.15) is 17.5 Å². The molecule has 5 heteroatoms. The number of hydrogen-bond donors (Lipinski definition) is 1. The molecule has 0 radical (unpaired) electrons. The van der Waals surface area contributed by atoms with Crippen molar-refractivity contribution in [3.8, 4) is 0 Å². The fourth-order valence-corrected chi connectivity index (χ4v) is 2.09. The van der Waals surface area contributed by atoms with Crippen LogP contribution >= 0.6 is 0 Å². The van der Waals surface area contributed by atoms with Crippen LogP contribution in [0.15, 0.2) is 12.3 Å². The maximum Gasteiger partial charge on any atom is 0.229 e. The van der Waals surface area contributed by atoms with Gasteiger partial charge in [0.1, 0.15) is 5.82 Å². The number of hydrogen-bond acceptors (Lipinski definition) is 3. The zero-order valence-electron chi connectivity index (χ0n) is 9.93. The fraction of sp³-hybridized carbons (Fsp3) is 0.417. The van der Waals surface area contributed by atoms with Gasteiger partial charge in [-0.15, -0.1) is 0 Å². The summed E-state index contributed by atoms with van der Waals surface area (Å²) in [5.41, 5.74) is 7.20. The van der Waals surface area contributed by atoms with E-state index >= 15 is 0 Å². The molecule has 0 aromatic carbocycles. The van der Waals surface area contributed by atoms with Gasteiger partial charge in [-0.2, -0.15) is 0 Å². The Morgan fingerprint density at radius 3 is 2.76 bits per heavy atom. The molecule has 2 rings (SSSR count). The Morgan fingerprint density at radius 1 is 1.53 bits per heavy atom. The topological polar surface area (TPSA) is 76.3 Å². The predicted octanol–water partition coefficient (Wildman–Crippen LogP) is 0.537. The number of carbonyl (C=O) groups excluding carboxylic acids is 2. The number of anilines is 1. The molecule has 0 spiro atoms. The van der Waals surface area contributed by atoms with Crippen molar-refractivity contribution in [2.24, 2.45) is 11.7 Å². The average molecular weight is 233 g/mol. The number of primary amides is 1. The van der Waals surface area contributed by atoms with Gasteiger partial charge in [-0.05, 0) is 25.0 Å². The number of pyridine rings is 1. The van der Waals surface area contributed by atoms with Crippen LogP contribution in [0.5, 0.6) is 0 Å². The lowest BCUT2D eigenvalue weighted by Gasteiger charge is -2.17. The van der Waals surface area contributed by atoms with E-state index in [2.05, 4.69) is 4.98 Å². The molecule has 1 fully saturated rings. The van der Waals surface area contributed by atoms with Crippen molar-refractivity contribution in [1.82, 2.24) is 4.98 Å². The number of aromatic nitrogens is 1. The minimum atomic E-state index is -0.425. The molecule has 90 valence electrons. The fourth-order valence-electron chi connectivity index (χ4n) is 2.09. The summed E-state index contributed by atoms with van der Waals surface area (Å²) in [7, 11) is 0. The van der Waals surface area contributed by atoms with Gasteiger partial charge in [-0.25, -0.2) is 4.98 Å². The Hall–Kier alpha value is -1.91. The largest absolute Gasteiger partial charge is 0.369 e. The second kappa shape index (κ2) is 4.16. The summed E-state index contributed by atoms with van der Waals surface area (Å²) in [6.45, 7) is 4.19. The highest BCUT2D eigenvalue weighted by Crippen LogP contribution is 2.26. The molecule has 2 N–H and O–H groups in total. The molecule has 1 aliphatic rings. The van der Waals surface area contributed by atoms with E-state index < -0.39 is 11.8 Å². The summed E-state index contributed by atoms with van der Waals surface area (Å²) in [5.74, 6) is -0.284. The summed E-state index contributed by atoms with van der Waals surface area (Å²) in [4.78, 5) is 28.7. The summed E-state index contributed by atoms with van der Waals surface area (Å²) in [5, 5.41) is 0. The van der Waals surface area contributed by atoms with Crippen LogP contribution < -0.4 is 10.6 Å². The number of nitrogens with zero attached hydrogens (tertiary/aromatic N) is 2. The van der Waals surface area contributed by atoms with E-state index in [0.717, 1.165) is 11.1 Å². The molecule has 1 aromatic rings. The Bertz CT molecular complexity index is 485. The minimum absolute atomic E-state index is 0.0896. The lowest BCUT2D eigenvalue weighted by molar-refractivity contribution is -0.123. The van der Waals surface area contributed by atoms with Crippen LogP contribution in [0.2, 0.25) is 0 Å². The van der Waals surface area contributed by atoms with Gasteiger partial charge in [-0.1, -0.05) is 6.07 Å². The van der Waals surface area contributed by atoms with E-state index in [1.807, 2.05) is 19.9 Å². The summed E-state index contributed by atoms with van der Waals surface area (Å²) >= 11 is 0. The third-order valence-electron chi connectivity index (χ3n) is 2.97. The van der Waals surface area contributed by atoms with E-state index in [1.54, 1.807) is 11.1 Å². The molecule has 2 heterocycles. The molecule has 2 amide bonds. The van der Waals surface area contributed by atoms with Crippen molar-refractivity contribution in [2.75, 3.05) is 11.4 Å². The smallest absolute Gasteiger partial charge is 0.229 e. The van der Waals surface area contributed by atoms with Gasteiger partial charge in [0.05, 0.1) is 5.92 Å². The first-order valence-corrected chi connectivity index (χ1v) is 5.52. The van der Waals surface area contributed by atoms with Gasteiger partial charge in [-0.3, -0.25) is 14.5 Å². The Kier molecular flexibility index (Phi) is 2.83. The van der Waals surface area contributed by atoms with E-state index in [4.69, 9.17) is 5.73 Å². The molecular formula is C12H15N3O2. The maximum absolute atomic E-state index is 11.8. The second-order valence-corrected chi connectivity index (χ2v) is 4.46. The van der Waals surface area contributed by atoms with Crippen molar-refractivity contribution in [3.05, 3.63) is 23.4 Å². The number of aryl methyl sites for hydroxylation is 2. The van der Waals surface area contributed by atoms with Crippen molar-refractivity contribution in [2.45, 2.75) is 20.3 Å². The standard InChI is InChI=1S/C12H15N3O2/c1-7-3-8(2)12(14-5-7)15-6-9(11(13)17)4-10(15)16/h3,5,9H,4,6H2,1-2H3,(H2,13,17). The zero-order valence-corrected chi connectivity index (χ0v) is 9.93. The molecule has 1 saturated heterocycles. The lowest BCUT2D eigenvalue weighted by atomic mass is 10.1. The van der Waals surface area contributed by atoms with E-state index in [1.165, 1.54) is 0 Å². The van der Waals surface area contributed by atoms with E-state index in [-0.39, 0.29) is 12.3 Å². The van der Waals surface area contributed by atoms with Crippen molar-refractivity contribution < 1.29 is 9.59 Å². The summed E-state index contributed by atoms with van der Waals surface area (Å²) in [6.07, 6.45) is 1.90. The Labute approximate surface area is 99.6 Å². The molecule has 0 saturated carbocycles. The van der Waals surface area contributed by atoms with E-state index in [9.17, 15) is 9.59 Å². The van der Waals surface area contributed by atoms with Gasteiger partial charge in [0.2, 0.25) is 11.8 Å². The molecular weight excluding hydrogens is 218 g/mol. The number of rotatable bonds is 2. The first-order valence-electron chi connectivity index (χ1n) is 5.52. The third-order valence-corrected chi connectivity index (χ3v) is 2.97. The van der Waals surface area contributed by atoms with Crippen LogP contribution in [-0.4, -0.2) is 23.3 Å². The highest BCUT2D eigenvalue weighted by atomic mass is 16.2. The molecule has 1 atom stereocenters. The molecule has 17 heavy (non-hydrogen) atoms. The zero-order chi connectivity index (χ0) is 12.6. The first kappa shape index (κ1) is 11.6. The van der Waals surface area contributed by atoms with Crippen molar-refractivity contribution in [3.63, 3.8) is 0 Å².